The monoisotopic (exact) mass is 234 g/mol. The summed E-state index contributed by atoms with van der Waals surface area (Å²) in [4.78, 5) is 0. The van der Waals surface area contributed by atoms with Crippen LogP contribution in [0.1, 0.15) is 32.6 Å². The molecule has 0 aromatic carbocycles. The Bertz CT molecular complexity index is 290. The van der Waals surface area contributed by atoms with Gasteiger partial charge in [0.1, 0.15) is 0 Å². The van der Waals surface area contributed by atoms with Gasteiger partial charge in [0.05, 0.1) is 6.26 Å². The van der Waals surface area contributed by atoms with Gasteiger partial charge in [0.25, 0.3) is 0 Å². The number of hydrogen-bond acceptors (Lipinski definition) is 3. The zero-order valence-electron chi connectivity index (χ0n) is 9.65. The fraction of sp³-hybridized carbons (Fsp3) is 1.00. The van der Waals surface area contributed by atoms with E-state index in [4.69, 9.17) is 5.73 Å². The normalized spacial score (nSPS) is 26.5. The summed E-state index contributed by atoms with van der Waals surface area (Å²) >= 11 is 0. The first-order valence-corrected chi connectivity index (χ1v) is 7.49. The van der Waals surface area contributed by atoms with Gasteiger partial charge in [0, 0.05) is 19.1 Å². The maximum atomic E-state index is 11.4. The van der Waals surface area contributed by atoms with Gasteiger partial charge in [-0.1, -0.05) is 6.92 Å². The van der Waals surface area contributed by atoms with Crippen LogP contribution in [0.3, 0.4) is 0 Å². The fourth-order valence-corrected chi connectivity index (χ4v) is 3.06. The molecule has 5 heteroatoms. The lowest BCUT2D eigenvalue weighted by Gasteiger charge is -2.32. The highest BCUT2D eigenvalue weighted by molar-refractivity contribution is 7.88. The van der Waals surface area contributed by atoms with E-state index in [-0.39, 0.29) is 6.04 Å². The highest BCUT2D eigenvalue weighted by Gasteiger charge is 2.26. The van der Waals surface area contributed by atoms with Gasteiger partial charge in [-0.3, -0.25) is 0 Å². The van der Waals surface area contributed by atoms with Crippen LogP contribution in [0.25, 0.3) is 0 Å². The third-order valence-electron chi connectivity index (χ3n) is 3.11. The topological polar surface area (TPSA) is 63.4 Å². The van der Waals surface area contributed by atoms with Crippen molar-refractivity contribution in [3.63, 3.8) is 0 Å². The molecule has 1 saturated heterocycles. The van der Waals surface area contributed by atoms with Crippen LogP contribution < -0.4 is 5.73 Å². The third kappa shape index (κ3) is 4.09. The van der Waals surface area contributed by atoms with E-state index in [0.717, 1.165) is 25.7 Å². The van der Waals surface area contributed by atoms with E-state index >= 15 is 0 Å². The number of hydrogen-bond donors (Lipinski definition) is 1. The summed E-state index contributed by atoms with van der Waals surface area (Å²) in [6, 6.07) is 0.217. The van der Waals surface area contributed by atoms with Gasteiger partial charge in [-0.05, 0) is 31.6 Å². The second-order valence-electron chi connectivity index (χ2n) is 4.53. The van der Waals surface area contributed by atoms with E-state index in [1.165, 1.54) is 6.26 Å². The van der Waals surface area contributed by atoms with Crippen molar-refractivity contribution >= 4 is 10.0 Å². The van der Waals surface area contributed by atoms with Crippen molar-refractivity contribution in [2.75, 3.05) is 19.3 Å². The first-order valence-electron chi connectivity index (χ1n) is 5.64. The Hall–Kier alpha value is -0.130. The first-order chi connectivity index (χ1) is 6.93. The minimum atomic E-state index is -3.01. The molecule has 1 heterocycles. The summed E-state index contributed by atoms with van der Waals surface area (Å²) < 4.78 is 24.4. The van der Waals surface area contributed by atoms with E-state index in [2.05, 4.69) is 6.92 Å². The molecule has 1 aliphatic heterocycles. The van der Waals surface area contributed by atoms with Crippen LogP contribution >= 0.6 is 0 Å². The van der Waals surface area contributed by atoms with Crippen molar-refractivity contribution in [3.8, 4) is 0 Å². The van der Waals surface area contributed by atoms with Gasteiger partial charge in [-0.2, -0.15) is 0 Å². The van der Waals surface area contributed by atoms with Crippen LogP contribution in [0, 0.1) is 5.92 Å². The molecule has 0 spiro atoms. The van der Waals surface area contributed by atoms with E-state index in [0.29, 0.717) is 19.0 Å². The van der Waals surface area contributed by atoms with Crippen LogP contribution in [0.5, 0.6) is 0 Å². The minimum absolute atomic E-state index is 0.217. The molecule has 0 aromatic rings. The Morgan fingerprint density at radius 2 is 2.20 bits per heavy atom. The largest absolute Gasteiger partial charge is 0.328 e. The molecule has 0 aliphatic carbocycles. The van der Waals surface area contributed by atoms with Gasteiger partial charge in [-0.25, -0.2) is 12.7 Å². The molecule has 1 rings (SSSR count). The molecule has 0 amide bonds. The summed E-state index contributed by atoms with van der Waals surface area (Å²) in [5.74, 6) is 0.448. The highest BCUT2D eigenvalue weighted by atomic mass is 32.2. The predicted octanol–water partition coefficient (Wildman–Crippen LogP) is 0.785. The Labute approximate surface area is 92.9 Å². The Morgan fingerprint density at radius 3 is 2.73 bits per heavy atom. The second kappa shape index (κ2) is 5.27. The Balaban J connectivity index is 2.49. The van der Waals surface area contributed by atoms with Gasteiger partial charge in [0.15, 0.2) is 0 Å². The van der Waals surface area contributed by atoms with Crippen molar-refractivity contribution < 1.29 is 8.42 Å². The lowest BCUT2D eigenvalue weighted by molar-refractivity contribution is 0.245. The molecule has 4 nitrogen and oxygen atoms in total. The number of sulfonamides is 1. The number of rotatable bonds is 4. The van der Waals surface area contributed by atoms with Gasteiger partial charge in [-0.15, -0.1) is 0 Å². The SMILES string of the molecule is CCC(N)CC1CCCN(S(C)(=O)=O)C1. The molecule has 0 saturated carbocycles. The summed E-state index contributed by atoms with van der Waals surface area (Å²) in [5, 5.41) is 0. The second-order valence-corrected chi connectivity index (χ2v) is 6.52. The highest BCUT2D eigenvalue weighted by Crippen LogP contribution is 2.22. The average molecular weight is 234 g/mol. The molecule has 90 valence electrons. The number of nitrogens with zero attached hydrogens (tertiary/aromatic N) is 1. The van der Waals surface area contributed by atoms with Gasteiger partial charge in [0.2, 0.25) is 10.0 Å². The molecular formula is C10H22N2O2S. The smallest absolute Gasteiger partial charge is 0.211 e. The molecule has 2 N–H and O–H groups in total. The molecule has 15 heavy (non-hydrogen) atoms. The summed E-state index contributed by atoms with van der Waals surface area (Å²) in [6.45, 7) is 3.41. The van der Waals surface area contributed by atoms with Crippen LogP contribution in [0.4, 0.5) is 0 Å². The van der Waals surface area contributed by atoms with Crippen LogP contribution in [0.15, 0.2) is 0 Å². The third-order valence-corrected chi connectivity index (χ3v) is 4.38. The quantitative estimate of drug-likeness (QED) is 0.782. The Morgan fingerprint density at radius 1 is 1.53 bits per heavy atom. The van der Waals surface area contributed by atoms with E-state index in [1.807, 2.05) is 0 Å². The minimum Gasteiger partial charge on any atom is -0.328 e. The predicted molar refractivity (Wildman–Crippen MR) is 62.0 cm³/mol. The number of nitrogens with two attached hydrogens (primary N) is 1. The van der Waals surface area contributed by atoms with Crippen LogP contribution in [0.2, 0.25) is 0 Å². The molecular weight excluding hydrogens is 212 g/mol. The summed E-state index contributed by atoms with van der Waals surface area (Å²) in [6.07, 6.45) is 5.28. The first kappa shape index (κ1) is 12.9. The van der Waals surface area contributed by atoms with Crippen molar-refractivity contribution in [1.82, 2.24) is 4.31 Å². The molecule has 1 aliphatic rings. The fourth-order valence-electron chi connectivity index (χ4n) is 2.12. The summed E-state index contributed by atoms with van der Waals surface area (Å²) in [7, 11) is -3.01. The van der Waals surface area contributed by atoms with Gasteiger partial charge < -0.3 is 5.73 Å². The van der Waals surface area contributed by atoms with Crippen LogP contribution in [-0.4, -0.2) is 38.1 Å². The van der Waals surface area contributed by atoms with Crippen LogP contribution in [-0.2, 0) is 10.0 Å². The lowest BCUT2D eigenvalue weighted by Crippen LogP contribution is -2.40. The molecule has 2 atom stereocenters. The zero-order chi connectivity index (χ0) is 11.5. The Kier molecular flexibility index (Phi) is 4.55. The van der Waals surface area contributed by atoms with Crippen molar-refractivity contribution in [2.45, 2.75) is 38.6 Å². The maximum absolute atomic E-state index is 11.4. The molecule has 0 radical (unpaired) electrons. The van der Waals surface area contributed by atoms with Crippen molar-refractivity contribution in [2.24, 2.45) is 11.7 Å². The van der Waals surface area contributed by atoms with Crippen molar-refractivity contribution in [3.05, 3.63) is 0 Å². The number of piperidine rings is 1. The van der Waals surface area contributed by atoms with E-state index in [1.54, 1.807) is 4.31 Å². The lowest BCUT2D eigenvalue weighted by atomic mass is 9.92. The van der Waals surface area contributed by atoms with Gasteiger partial charge >= 0.3 is 0 Å². The summed E-state index contributed by atoms with van der Waals surface area (Å²) in [5.41, 5.74) is 5.89. The molecule has 2 unspecified atom stereocenters. The molecule has 0 aromatic heterocycles. The van der Waals surface area contributed by atoms with E-state index < -0.39 is 10.0 Å². The molecule has 1 fully saturated rings. The average Bonchev–Trinajstić information content (AvgIpc) is 2.17. The molecule has 0 bridgehead atoms. The zero-order valence-corrected chi connectivity index (χ0v) is 10.5. The standard InChI is InChI=1S/C10H22N2O2S/c1-3-10(11)7-9-5-4-6-12(8-9)15(2,13)14/h9-10H,3-8,11H2,1-2H3. The maximum Gasteiger partial charge on any atom is 0.211 e. The van der Waals surface area contributed by atoms with Crippen molar-refractivity contribution in [1.29, 1.82) is 0 Å². The van der Waals surface area contributed by atoms with E-state index in [9.17, 15) is 8.42 Å².